The molecule has 4 heteroatoms. The zero-order valence-electron chi connectivity index (χ0n) is 8.80. The molecule has 1 aromatic carbocycles. The van der Waals surface area contributed by atoms with Crippen LogP contribution in [-0.4, -0.2) is 18.2 Å². The molecule has 1 N–H and O–H groups in total. The molecule has 0 spiro atoms. The molecule has 0 aromatic heterocycles. The van der Waals surface area contributed by atoms with Gasteiger partial charge in [-0.15, -0.1) is 0 Å². The van der Waals surface area contributed by atoms with Gasteiger partial charge in [0.15, 0.2) is 0 Å². The number of methoxy groups -OCH3 is 1. The smallest absolute Gasteiger partial charge is 0.337 e. The van der Waals surface area contributed by atoms with Crippen molar-refractivity contribution in [2.45, 2.75) is 6.42 Å². The quantitative estimate of drug-likeness (QED) is 0.787. The van der Waals surface area contributed by atoms with Gasteiger partial charge in [0.2, 0.25) is 0 Å². The highest BCUT2D eigenvalue weighted by Gasteiger charge is 2.07. The lowest BCUT2D eigenvalue weighted by Crippen LogP contribution is -2.00. The predicted molar refractivity (Wildman–Crippen MR) is 58.7 cm³/mol. The Kier molecular flexibility index (Phi) is 4.10. The summed E-state index contributed by atoms with van der Waals surface area (Å²) in [4.78, 5) is 11.1. The highest BCUT2D eigenvalue weighted by Crippen LogP contribution is 2.20. The van der Waals surface area contributed by atoms with Crippen molar-refractivity contribution in [2.24, 2.45) is 0 Å². The van der Waals surface area contributed by atoms with Crippen LogP contribution in [-0.2, 0) is 4.74 Å². The van der Waals surface area contributed by atoms with E-state index in [9.17, 15) is 9.90 Å². The van der Waals surface area contributed by atoms with Gasteiger partial charge in [0.05, 0.1) is 25.2 Å². The summed E-state index contributed by atoms with van der Waals surface area (Å²) < 4.78 is 4.52. The summed E-state index contributed by atoms with van der Waals surface area (Å²) in [7, 11) is 1.28. The largest absolute Gasteiger partial charge is 0.507 e. The maximum atomic E-state index is 11.1. The van der Waals surface area contributed by atoms with Crippen LogP contribution in [0.5, 0.6) is 5.75 Å². The SMILES string of the molecule is COC(=O)c1ccc(C=CCC#N)c(O)c1. The van der Waals surface area contributed by atoms with E-state index < -0.39 is 5.97 Å². The van der Waals surface area contributed by atoms with Gasteiger partial charge < -0.3 is 9.84 Å². The number of allylic oxidation sites excluding steroid dienone is 1. The van der Waals surface area contributed by atoms with Gasteiger partial charge >= 0.3 is 5.97 Å². The molecule has 0 aliphatic carbocycles. The third-order valence-corrected chi connectivity index (χ3v) is 1.96. The number of nitriles is 1. The molecule has 0 aliphatic heterocycles. The van der Waals surface area contributed by atoms with E-state index in [-0.39, 0.29) is 17.7 Å². The number of carbonyl (C=O) groups excluding carboxylic acids is 1. The molecule has 82 valence electrons. The van der Waals surface area contributed by atoms with E-state index in [2.05, 4.69) is 4.74 Å². The number of rotatable bonds is 3. The van der Waals surface area contributed by atoms with Gasteiger partial charge in [-0.2, -0.15) is 5.26 Å². The molecule has 0 bridgehead atoms. The van der Waals surface area contributed by atoms with E-state index in [1.54, 1.807) is 24.3 Å². The number of ether oxygens (including phenoxy) is 1. The first-order chi connectivity index (χ1) is 7.69. The lowest BCUT2D eigenvalue weighted by molar-refractivity contribution is 0.0600. The second-order valence-electron chi connectivity index (χ2n) is 3.03. The summed E-state index contributed by atoms with van der Waals surface area (Å²) in [6.07, 6.45) is 3.53. The molecule has 4 nitrogen and oxygen atoms in total. The number of aromatic hydroxyl groups is 1. The molecular weight excluding hydrogens is 206 g/mol. The minimum absolute atomic E-state index is 0.0166. The Labute approximate surface area is 93.4 Å². The lowest BCUT2D eigenvalue weighted by atomic mass is 10.1. The van der Waals surface area contributed by atoms with Crippen LogP contribution < -0.4 is 0 Å². The van der Waals surface area contributed by atoms with Crippen LogP contribution in [0.2, 0.25) is 0 Å². The third kappa shape index (κ3) is 2.85. The Morgan fingerprint density at radius 2 is 2.38 bits per heavy atom. The first-order valence-electron chi connectivity index (χ1n) is 4.64. The number of phenolic OH excluding ortho intramolecular Hbond substituents is 1. The van der Waals surface area contributed by atoms with Crippen molar-refractivity contribution in [3.05, 3.63) is 35.4 Å². The summed E-state index contributed by atoms with van der Waals surface area (Å²) in [5.41, 5.74) is 0.848. The van der Waals surface area contributed by atoms with Gasteiger partial charge in [-0.3, -0.25) is 0 Å². The Morgan fingerprint density at radius 3 is 2.94 bits per heavy atom. The van der Waals surface area contributed by atoms with Crippen molar-refractivity contribution in [2.75, 3.05) is 7.11 Å². The summed E-state index contributed by atoms with van der Waals surface area (Å²) in [5.74, 6) is -0.514. The highest BCUT2D eigenvalue weighted by molar-refractivity contribution is 5.90. The minimum atomic E-state index is -0.497. The van der Waals surface area contributed by atoms with Crippen molar-refractivity contribution >= 4 is 12.0 Å². The average molecular weight is 217 g/mol. The third-order valence-electron chi connectivity index (χ3n) is 1.96. The van der Waals surface area contributed by atoms with Gasteiger partial charge in [0, 0.05) is 5.56 Å². The Hall–Kier alpha value is -2.28. The van der Waals surface area contributed by atoms with Gasteiger partial charge in [-0.05, 0) is 12.1 Å². The molecule has 0 radical (unpaired) electrons. The fourth-order valence-corrected chi connectivity index (χ4v) is 1.17. The molecule has 1 rings (SSSR count). The molecule has 0 saturated heterocycles. The number of carbonyl (C=O) groups is 1. The van der Waals surface area contributed by atoms with Crippen molar-refractivity contribution in [3.8, 4) is 11.8 Å². The summed E-state index contributed by atoms with van der Waals surface area (Å²) in [6.45, 7) is 0. The topological polar surface area (TPSA) is 70.3 Å². The van der Waals surface area contributed by atoms with Crippen LogP contribution in [0.3, 0.4) is 0 Å². The van der Waals surface area contributed by atoms with E-state index in [1.807, 2.05) is 6.07 Å². The van der Waals surface area contributed by atoms with Crippen molar-refractivity contribution in [1.82, 2.24) is 0 Å². The fraction of sp³-hybridized carbons (Fsp3) is 0.167. The molecular formula is C12H11NO3. The van der Waals surface area contributed by atoms with Gasteiger partial charge in [-0.25, -0.2) is 4.79 Å². The number of benzene rings is 1. The van der Waals surface area contributed by atoms with E-state index in [0.29, 0.717) is 5.56 Å². The van der Waals surface area contributed by atoms with E-state index in [4.69, 9.17) is 5.26 Å². The second kappa shape index (κ2) is 5.56. The summed E-state index contributed by atoms with van der Waals surface area (Å²) in [5, 5.41) is 17.9. The number of nitrogens with zero attached hydrogens (tertiary/aromatic N) is 1. The maximum absolute atomic E-state index is 11.1. The molecule has 0 saturated carbocycles. The van der Waals surface area contributed by atoms with Gasteiger partial charge in [0.25, 0.3) is 0 Å². The molecule has 0 fully saturated rings. The minimum Gasteiger partial charge on any atom is -0.507 e. The molecule has 0 heterocycles. The first kappa shape index (κ1) is 11.8. The van der Waals surface area contributed by atoms with E-state index in [0.717, 1.165) is 0 Å². The number of hydrogen-bond donors (Lipinski definition) is 1. The Bertz CT molecular complexity index is 458. The zero-order chi connectivity index (χ0) is 12.0. The fourth-order valence-electron chi connectivity index (χ4n) is 1.17. The number of esters is 1. The van der Waals surface area contributed by atoms with Crippen molar-refractivity contribution < 1.29 is 14.6 Å². The molecule has 1 aromatic rings. The van der Waals surface area contributed by atoms with Crippen LogP contribution in [0.25, 0.3) is 6.08 Å². The number of hydrogen-bond acceptors (Lipinski definition) is 4. The van der Waals surface area contributed by atoms with Crippen LogP contribution >= 0.6 is 0 Å². The number of phenols is 1. The van der Waals surface area contributed by atoms with E-state index >= 15 is 0 Å². The molecule has 0 aliphatic rings. The monoisotopic (exact) mass is 217 g/mol. The molecule has 0 amide bonds. The van der Waals surface area contributed by atoms with Crippen LogP contribution in [0, 0.1) is 11.3 Å². The Morgan fingerprint density at radius 1 is 1.62 bits per heavy atom. The highest BCUT2D eigenvalue weighted by atomic mass is 16.5. The van der Waals surface area contributed by atoms with E-state index in [1.165, 1.54) is 13.2 Å². The normalized spacial score (nSPS) is 10.0. The van der Waals surface area contributed by atoms with Gasteiger partial charge in [0.1, 0.15) is 5.75 Å². The predicted octanol–water partition coefficient (Wildman–Crippen LogP) is 2.11. The average Bonchev–Trinajstić information content (AvgIpc) is 2.30. The van der Waals surface area contributed by atoms with Gasteiger partial charge in [-0.1, -0.05) is 18.2 Å². The zero-order valence-corrected chi connectivity index (χ0v) is 8.80. The molecule has 0 unspecified atom stereocenters. The maximum Gasteiger partial charge on any atom is 0.337 e. The molecule has 16 heavy (non-hydrogen) atoms. The van der Waals surface area contributed by atoms with Crippen LogP contribution in [0.1, 0.15) is 22.3 Å². The second-order valence-corrected chi connectivity index (χ2v) is 3.03. The van der Waals surface area contributed by atoms with Crippen LogP contribution in [0.4, 0.5) is 0 Å². The summed E-state index contributed by atoms with van der Waals surface area (Å²) in [6, 6.07) is 6.43. The summed E-state index contributed by atoms with van der Waals surface area (Å²) >= 11 is 0. The lowest BCUT2D eigenvalue weighted by Gasteiger charge is -2.02. The molecule has 0 atom stereocenters. The van der Waals surface area contributed by atoms with Crippen molar-refractivity contribution in [1.29, 1.82) is 5.26 Å². The first-order valence-corrected chi connectivity index (χ1v) is 4.64. The Balaban J connectivity index is 2.92. The van der Waals surface area contributed by atoms with Crippen molar-refractivity contribution in [3.63, 3.8) is 0 Å². The standard InChI is InChI=1S/C12H11NO3/c1-16-12(15)10-6-5-9(11(14)8-10)4-2-3-7-13/h2,4-6,8,14H,3H2,1H3. The van der Waals surface area contributed by atoms with Crippen LogP contribution in [0.15, 0.2) is 24.3 Å².